The molecule has 1 aliphatic rings. The molecule has 1 amide bonds. The fourth-order valence-corrected chi connectivity index (χ4v) is 1.94. The summed E-state index contributed by atoms with van der Waals surface area (Å²) in [6.07, 6.45) is 3.76. The molecule has 0 unspecified atom stereocenters. The molecule has 5 heteroatoms. The first-order valence-electron chi connectivity index (χ1n) is 6.20. The summed E-state index contributed by atoms with van der Waals surface area (Å²) in [7, 11) is 0. The number of carbonyl (C=O) groups is 1. The third-order valence-electron chi connectivity index (χ3n) is 2.91. The van der Waals surface area contributed by atoms with E-state index in [0.717, 1.165) is 19.4 Å². The van der Waals surface area contributed by atoms with E-state index < -0.39 is 0 Å². The standard InChI is InChI=1S/C13H20N2O2.ClH/c1-9(2)7-15(11-3-4-11)13(16)10-5-12(6-14)17-8-10;/h5,8-9,11H,3-4,6-7,14H2,1-2H3;1H. The highest BCUT2D eigenvalue weighted by molar-refractivity contribution is 5.94. The molecule has 1 aliphatic carbocycles. The fraction of sp³-hybridized carbons (Fsp3) is 0.615. The van der Waals surface area contributed by atoms with E-state index in [-0.39, 0.29) is 18.3 Å². The van der Waals surface area contributed by atoms with Gasteiger partial charge in [0.15, 0.2) is 0 Å². The van der Waals surface area contributed by atoms with Gasteiger partial charge in [-0.15, -0.1) is 12.4 Å². The Bertz CT molecular complexity index is 399. The largest absolute Gasteiger partial charge is 0.467 e. The second-order valence-corrected chi connectivity index (χ2v) is 5.09. The Balaban J connectivity index is 0.00000162. The van der Waals surface area contributed by atoms with E-state index in [9.17, 15) is 4.79 Å². The van der Waals surface area contributed by atoms with Crippen molar-refractivity contribution in [2.45, 2.75) is 39.3 Å². The lowest BCUT2D eigenvalue weighted by atomic mass is 10.2. The molecule has 0 aliphatic heterocycles. The van der Waals surface area contributed by atoms with Crippen LogP contribution in [0, 0.1) is 5.92 Å². The predicted molar refractivity (Wildman–Crippen MR) is 72.7 cm³/mol. The number of carbonyl (C=O) groups excluding carboxylic acids is 1. The van der Waals surface area contributed by atoms with Gasteiger partial charge in [0.1, 0.15) is 12.0 Å². The molecule has 1 aromatic rings. The summed E-state index contributed by atoms with van der Waals surface area (Å²) in [6.45, 7) is 5.40. The highest BCUT2D eigenvalue weighted by Crippen LogP contribution is 2.29. The number of nitrogens with two attached hydrogens (primary N) is 1. The molecule has 2 rings (SSSR count). The lowest BCUT2D eigenvalue weighted by molar-refractivity contribution is 0.0722. The van der Waals surface area contributed by atoms with Crippen LogP contribution in [0.5, 0.6) is 0 Å². The molecule has 1 fully saturated rings. The Morgan fingerprint density at radius 2 is 2.22 bits per heavy atom. The molecule has 0 radical (unpaired) electrons. The lowest BCUT2D eigenvalue weighted by Gasteiger charge is -2.23. The van der Waals surface area contributed by atoms with Crippen molar-refractivity contribution in [3.8, 4) is 0 Å². The minimum Gasteiger partial charge on any atom is -0.467 e. The SMILES string of the molecule is CC(C)CN(C(=O)c1coc(CN)c1)C1CC1.Cl. The summed E-state index contributed by atoms with van der Waals surface area (Å²) in [5.74, 6) is 1.22. The smallest absolute Gasteiger partial charge is 0.257 e. The predicted octanol–water partition coefficient (Wildman–Crippen LogP) is 2.42. The summed E-state index contributed by atoms with van der Waals surface area (Å²) in [5.41, 5.74) is 6.10. The van der Waals surface area contributed by atoms with Gasteiger partial charge in [-0.3, -0.25) is 4.79 Å². The van der Waals surface area contributed by atoms with Crippen molar-refractivity contribution in [2.24, 2.45) is 11.7 Å². The molecule has 102 valence electrons. The number of rotatable bonds is 5. The van der Waals surface area contributed by atoms with Gasteiger partial charge in [0, 0.05) is 12.6 Å². The highest BCUT2D eigenvalue weighted by atomic mass is 35.5. The van der Waals surface area contributed by atoms with Crippen LogP contribution in [-0.4, -0.2) is 23.4 Å². The maximum Gasteiger partial charge on any atom is 0.257 e. The Morgan fingerprint density at radius 1 is 1.56 bits per heavy atom. The number of hydrogen-bond acceptors (Lipinski definition) is 3. The van der Waals surface area contributed by atoms with E-state index in [1.807, 2.05) is 4.90 Å². The van der Waals surface area contributed by atoms with Gasteiger partial charge in [-0.1, -0.05) is 13.8 Å². The van der Waals surface area contributed by atoms with Crippen molar-refractivity contribution >= 4 is 18.3 Å². The van der Waals surface area contributed by atoms with Crippen LogP contribution in [0.15, 0.2) is 16.7 Å². The zero-order valence-electron chi connectivity index (χ0n) is 10.9. The Hall–Kier alpha value is -1.00. The monoisotopic (exact) mass is 272 g/mol. The maximum atomic E-state index is 12.3. The minimum atomic E-state index is 0. The second kappa shape index (κ2) is 6.25. The highest BCUT2D eigenvalue weighted by Gasteiger charge is 2.33. The van der Waals surface area contributed by atoms with Crippen LogP contribution in [0.4, 0.5) is 0 Å². The average Bonchev–Trinajstić information content (AvgIpc) is 3.02. The summed E-state index contributed by atoms with van der Waals surface area (Å²) >= 11 is 0. The molecule has 1 saturated carbocycles. The quantitative estimate of drug-likeness (QED) is 0.895. The summed E-state index contributed by atoms with van der Waals surface area (Å²) in [4.78, 5) is 14.3. The minimum absolute atomic E-state index is 0. The van der Waals surface area contributed by atoms with Crippen molar-refractivity contribution < 1.29 is 9.21 Å². The van der Waals surface area contributed by atoms with Crippen molar-refractivity contribution in [1.29, 1.82) is 0 Å². The van der Waals surface area contributed by atoms with Gasteiger partial charge in [-0.05, 0) is 24.8 Å². The van der Waals surface area contributed by atoms with Crippen LogP contribution in [-0.2, 0) is 6.54 Å². The third kappa shape index (κ3) is 3.50. The van der Waals surface area contributed by atoms with Crippen molar-refractivity contribution in [2.75, 3.05) is 6.54 Å². The molecular weight excluding hydrogens is 252 g/mol. The van der Waals surface area contributed by atoms with E-state index in [0.29, 0.717) is 29.8 Å². The molecule has 0 atom stereocenters. The van der Waals surface area contributed by atoms with E-state index in [4.69, 9.17) is 10.2 Å². The number of amides is 1. The second-order valence-electron chi connectivity index (χ2n) is 5.09. The van der Waals surface area contributed by atoms with Crippen LogP contribution in [0.25, 0.3) is 0 Å². The molecule has 1 aromatic heterocycles. The molecule has 18 heavy (non-hydrogen) atoms. The number of halogens is 1. The van der Waals surface area contributed by atoms with Gasteiger partial charge in [-0.25, -0.2) is 0 Å². The molecule has 0 saturated heterocycles. The lowest BCUT2D eigenvalue weighted by Crippen LogP contribution is -2.35. The fourth-order valence-electron chi connectivity index (χ4n) is 1.94. The molecule has 2 N–H and O–H groups in total. The van der Waals surface area contributed by atoms with Gasteiger partial charge in [-0.2, -0.15) is 0 Å². The van der Waals surface area contributed by atoms with Crippen molar-refractivity contribution in [3.05, 3.63) is 23.7 Å². The van der Waals surface area contributed by atoms with E-state index in [2.05, 4.69) is 13.8 Å². The zero-order valence-corrected chi connectivity index (χ0v) is 11.7. The number of hydrogen-bond donors (Lipinski definition) is 1. The van der Waals surface area contributed by atoms with Gasteiger partial charge in [0.05, 0.1) is 12.1 Å². The molecule has 1 heterocycles. The summed E-state index contributed by atoms with van der Waals surface area (Å²) < 4.78 is 5.22. The molecular formula is C13H21ClN2O2. The van der Waals surface area contributed by atoms with Crippen LogP contribution < -0.4 is 5.73 Å². The summed E-state index contributed by atoms with van der Waals surface area (Å²) in [6, 6.07) is 2.18. The van der Waals surface area contributed by atoms with E-state index >= 15 is 0 Å². The van der Waals surface area contributed by atoms with Crippen LogP contribution in [0.1, 0.15) is 42.8 Å². The third-order valence-corrected chi connectivity index (χ3v) is 2.91. The van der Waals surface area contributed by atoms with Gasteiger partial charge in [0.2, 0.25) is 0 Å². The maximum absolute atomic E-state index is 12.3. The Morgan fingerprint density at radius 3 is 2.67 bits per heavy atom. The number of furan rings is 1. The first-order valence-corrected chi connectivity index (χ1v) is 6.20. The van der Waals surface area contributed by atoms with Crippen LogP contribution in [0.2, 0.25) is 0 Å². The van der Waals surface area contributed by atoms with Gasteiger partial charge >= 0.3 is 0 Å². The van der Waals surface area contributed by atoms with Gasteiger partial charge < -0.3 is 15.1 Å². The average molecular weight is 273 g/mol. The number of nitrogens with zero attached hydrogens (tertiary/aromatic N) is 1. The topological polar surface area (TPSA) is 59.5 Å². The Labute approximate surface area is 114 Å². The zero-order chi connectivity index (χ0) is 12.4. The first-order chi connectivity index (χ1) is 8.11. The molecule has 0 spiro atoms. The molecule has 4 nitrogen and oxygen atoms in total. The summed E-state index contributed by atoms with van der Waals surface area (Å²) in [5, 5.41) is 0. The van der Waals surface area contributed by atoms with Crippen molar-refractivity contribution in [1.82, 2.24) is 4.90 Å². The van der Waals surface area contributed by atoms with E-state index in [1.165, 1.54) is 6.26 Å². The molecule has 0 bridgehead atoms. The van der Waals surface area contributed by atoms with Crippen LogP contribution >= 0.6 is 12.4 Å². The van der Waals surface area contributed by atoms with E-state index in [1.54, 1.807) is 6.07 Å². The Kier molecular flexibility index (Phi) is 5.23. The first kappa shape index (κ1) is 15.1. The van der Waals surface area contributed by atoms with Crippen LogP contribution in [0.3, 0.4) is 0 Å². The van der Waals surface area contributed by atoms with Gasteiger partial charge in [0.25, 0.3) is 5.91 Å². The normalized spacial score (nSPS) is 14.4. The van der Waals surface area contributed by atoms with Crippen molar-refractivity contribution in [3.63, 3.8) is 0 Å². The molecule has 0 aromatic carbocycles.